The number of aromatic nitrogens is 2. The molecule has 0 amide bonds. The molecule has 7 heteroatoms. The number of methoxy groups -OCH3 is 1. The Hall–Kier alpha value is -2.44. The summed E-state index contributed by atoms with van der Waals surface area (Å²) in [6.07, 6.45) is 14.5. The highest BCUT2D eigenvalue weighted by molar-refractivity contribution is 6.32. The molecule has 37 heavy (non-hydrogen) atoms. The van der Waals surface area contributed by atoms with Crippen molar-refractivity contribution in [1.82, 2.24) is 14.3 Å². The van der Waals surface area contributed by atoms with Crippen molar-refractivity contribution in [2.45, 2.75) is 58.3 Å². The largest absolute Gasteiger partial charge is 0.495 e. The van der Waals surface area contributed by atoms with Gasteiger partial charge in [0.1, 0.15) is 17.1 Å². The van der Waals surface area contributed by atoms with Crippen molar-refractivity contribution in [3.63, 3.8) is 0 Å². The van der Waals surface area contributed by atoms with Crippen molar-refractivity contribution in [1.29, 1.82) is 0 Å². The van der Waals surface area contributed by atoms with E-state index in [2.05, 4.69) is 53.5 Å². The lowest BCUT2D eigenvalue weighted by Crippen LogP contribution is -2.33. The van der Waals surface area contributed by atoms with Gasteiger partial charge in [0.15, 0.2) is 0 Å². The maximum atomic E-state index is 6.51. The molecule has 4 rings (SSSR count). The van der Waals surface area contributed by atoms with Crippen LogP contribution >= 0.6 is 11.6 Å². The Bertz CT molecular complexity index is 1140. The first-order valence-corrected chi connectivity index (χ1v) is 14.3. The number of ether oxygens (including phenoxy) is 2. The molecule has 0 saturated carbocycles. The molecule has 0 spiro atoms. The van der Waals surface area contributed by atoms with Crippen molar-refractivity contribution in [3.05, 3.63) is 41.7 Å². The molecule has 0 bridgehead atoms. The Kier molecular flexibility index (Phi) is 9.98. The third-order valence-corrected chi connectivity index (χ3v) is 7.72. The van der Waals surface area contributed by atoms with Gasteiger partial charge in [0.05, 0.1) is 24.4 Å². The highest BCUT2D eigenvalue weighted by Crippen LogP contribution is 2.38. The molecular formula is C30H43ClN4O2. The quantitative estimate of drug-likeness (QED) is 0.221. The first-order chi connectivity index (χ1) is 18.0. The number of hydrogen-bond donors (Lipinski definition) is 0. The third-order valence-electron chi connectivity index (χ3n) is 7.43. The van der Waals surface area contributed by atoms with Crippen LogP contribution in [0, 0.1) is 5.92 Å². The second-order valence-corrected chi connectivity index (χ2v) is 11.0. The zero-order chi connectivity index (χ0) is 26.2. The first-order valence-electron chi connectivity index (χ1n) is 13.9. The van der Waals surface area contributed by atoms with E-state index >= 15 is 0 Å². The number of halogens is 1. The molecule has 0 unspecified atom stereocenters. The standard InChI is InChI=1S/C30H43ClN4O2/c1-5-6-7-8-10-23-11-15-34(16-12-23)24-13-17-35-22-27(32-30(35)19-24)25-20-26(31)29(36-4)21-28(25)37-18-9-14-33(2)3/h13,17,19-23H,5-12,14-16,18H2,1-4H3. The van der Waals surface area contributed by atoms with Gasteiger partial charge in [0.2, 0.25) is 0 Å². The summed E-state index contributed by atoms with van der Waals surface area (Å²) in [7, 11) is 5.76. The summed E-state index contributed by atoms with van der Waals surface area (Å²) in [5.74, 6) is 2.23. The summed E-state index contributed by atoms with van der Waals surface area (Å²) in [6.45, 7) is 6.11. The molecule has 1 fully saturated rings. The van der Waals surface area contributed by atoms with Crippen LogP contribution in [0.4, 0.5) is 5.69 Å². The van der Waals surface area contributed by atoms with Gasteiger partial charge in [-0.3, -0.25) is 0 Å². The first kappa shape index (κ1) is 27.6. The molecule has 0 atom stereocenters. The van der Waals surface area contributed by atoms with E-state index in [0.29, 0.717) is 17.4 Å². The van der Waals surface area contributed by atoms with Crippen LogP contribution in [0.1, 0.15) is 58.3 Å². The zero-order valence-electron chi connectivity index (χ0n) is 23.0. The predicted octanol–water partition coefficient (Wildman–Crippen LogP) is 7.18. The fourth-order valence-electron chi connectivity index (χ4n) is 5.21. The van der Waals surface area contributed by atoms with Gasteiger partial charge < -0.3 is 23.7 Å². The Morgan fingerprint density at radius 1 is 1.05 bits per heavy atom. The van der Waals surface area contributed by atoms with Crippen LogP contribution in [0.25, 0.3) is 16.9 Å². The van der Waals surface area contributed by atoms with Crippen LogP contribution < -0.4 is 14.4 Å². The van der Waals surface area contributed by atoms with Gasteiger partial charge in [-0.15, -0.1) is 0 Å². The van der Waals surface area contributed by atoms with E-state index < -0.39 is 0 Å². The van der Waals surface area contributed by atoms with E-state index in [9.17, 15) is 0 Å². The van der Waals surface area contributed by atoms with Crippen LogP contribution in [-0.4, -0.2) is 61.7 Å². The molecular weight excluding hydrogens is 484 g/mol. The molecule has 1 saturated heterocycles. The number of unbranched alkanes of at least 4 members (excludes halogenated alkanes) is 3. The average Bonchev–Trinajstić information content (AvgIpc) is 3.33. The van der Waals surface area contributed by atoms with Gasteiger partial charge in [-0.1, -0.05) is 50.6 Å². The minimum atomic E-state index is 0.549. The topological polar surface area (TPSA) is 42.2 Å². The van der Waals surface area contributed by atoms with Crippen LogP contribution in [-0.2, 0) is 0 Å². The van der Waals surface area contributed by atoms with Crippen molar-refractivity contribution < 1.29 is 9.47 Å². The van der Waals surface area contributed by atoms with Crippen molar-refractivity contribution in [2.75, 3.05) is 52.3 Å². The second kappa shape index (κ2) is 13.4. The molecule has 0 aliphatic carbocycles. The van der Waals surface area contributed by atoms with Gasteiger partial charge in [-0.25, -0.2) is 4.98 Å². The summed E-state index contributed by atoms with van der Waals surface area (Å²) in [4.78, 5) is 9.64. The molecule has 202 valence electrons. The van der Waals surface area contributed by atoms with E-state index in [4.69, 9.17) is 26.1 Å². The minimum absolute atomic E-state index is 0.549. The summed E-state index contributed by atoms with van der Waals surface area (Å²) in [5.41, 5.74) is 3.90. The number of piperidine rings is 1. The SMILES string of the molecule is CCCCCCC1CCN(c2ccn3cc(-c4cc(Cl)c(OC)cc4OCCCN(C)C)nc3c2)CC1. The van der Waals surface area contributed by atoms with E-state index in [-0.39, 0.29) is 0 Å². The monoisotopic (exact) mass is 526 g/mol. The summed E-state index contributed by atoms with van der Waals surface area (Å²) in [5, 5.41) is 0.549. The molecule has 6 nitrogen and oxygen atoms in total. The Balaban J connectivity index is 1.48. The van der Waals surface area contributed by atoms with Crippen LogP contribution in [0.5, 0.6) is 11.5 Å². The average molecular weight is 527 g/mol. The van der Waals surface area contributed by atoms with Crippen molar-refractivity contribution in [3.8, 4) is 22.8 Å². The van der Waals surface area contributed by atoms with Gasteiger partial charge in [0.25, 0.3) is 0 Å². The molecule has 2 aromatic heterocycles. The normalized spacial score (nSPS) is 14.6. The smallest absolute Gasteiger partial charge is 0.141 e. The van der Waals surface area contributed by atoms with Crippen LogP contribution in [0.3, 0.4) is 0 Å². The van der Waals surface area contributed by atoms with E-state index in [1.165, 1.54) is 50.6 Å². The number of rotatable bonds is 13. The molecule has 3 heterocycles. The lowest BCUT2D eigenvalue weighted by molar-refractivity contribution is 0.281. The van der Waals surface area contributed by atoms with Gasteiger partial charge >= 0.3 is 0 Å². The summed E-state index contributed by atoms with van der Waals surface area (Å²) in [6, 6.07) is 8.18. The Morgan fingerprint density at radius 2 is 1.86 bits per heavy atom. The Morgan fingerprint density at radius 3 is 2.59 bits per heavy atom. The number of pyridine rings is 1. The van der Waals surface area contributed by atoms with Crippen molar-refractivity contribution >= 4 is 22.9 Å². The van der Waals surface area contributed by atoms with Crippen molar-refractivity contribution in [2.24, 2.45) is 5.92 Å². The number of fused-ring (bicyclic) bond motifs is 1. The third kappa shape index (κ3) is 7.32. The summed E-state index contributed by atoms with van der Waals surface area (Å²) >= 11 is 6.51. The molecule has 1 aliphatic heterocycles. The number of anilines is 1. The molecule has 1 aliphatic rings. The predicted molar refractivity (Wildman–Crippen MR) is 155 cm³/mol. The Labute approximate surface area is 227 Å². The van der Waals surface area contributed by atoms with E-state index in [0.717, 1.165) is 54.6 Å². The highest BCUT2D eigenvalue weighted by Gasteiger charge is 2.20. The lowest BCUT2D eigenvalue weighted by atomic mass is 9.91. The van der Waals surface area contributed by atoms with Gasteiger partial charge in [0, 0.05) is 55.4 Å². The number of hydrogen-bond acceptors (Lipinski definition) is 5. The van der Waals surface area contributed by atoms with Crippen LogP contribution in [0.15, 0.2) is 36.7 Å². The lowest BCUT2D eigenvalue weighted by Gasteiger charge is -2.33. The molecule has 0 radical (unpaired) electrons. The molecule has 3 aromatic rings. The second-order valence-electron chi connectivity index (χ2n) is 10.5. The van der Waals surface area contributed by atoms with E-state index in [1.54, 1.807) is 7.11 Å². The van der Waals surface area contributed by atoms with E-state index in [1.807, 2.05) is 18.3 Å². The number of benzene rings is 1. The molecule has 1 aromatic carbocycles. The fourth-order valence-corrected chi connectivity index (χ4v) is 5.45. The van der Waals surface area contributed by atoms with Gasteiger partial charge in [-0.2, -0.15) is 0 Å². The maximum Gasteiger partial charge on any atom is 0.141 e. The number of imidazole rings is 1. The summed E-state index contributed by atoms with van der Waals surface area (Å²) < 4.78 is 13.7. The fraction of sp³-hybridized carbons (Fsp3) is 0.567. The molecule has 0 N–H and O–H groups in total. The van der Waals surface area contributed by atoms with Gasteiger partial charge in [-0.05, 0) is 51.4 Å². The highest BCUT2D eigenvalue weighted by atomic mass is 35.5. The zero-order valence-corrected chi connectivity index (χ0v) is 23.8. The van der Waals surface area contributed by atoms with Crippen LogP contribution in [0.2, 0.25) is 5.02 Å². The minimum Gasteiger partial charge on any atom is -0.495 e. The number of nitrogens with zero attached hydrogens (tertiary/aromatic N) is 4. The maximum absolute atomic E-state index is 6.51.